The molecule has 10 heavy (non-hydrogen) atoms. The molecule has 0 radical (unpaired) electrons. The van der Waals surface area contributed by atoms with Crippen LogP contribution in [0.1, 0.15) is 12.8 Å². The van der Waals surface area contributed by atoms with Crippen molar-refractivity contribution in [2.45, 2.75) is 12.8 Å². The van der Waals surface area contributed by atoms with Crippen molar-refractivity contribution in [2.24, 2.45) is 0 Å². The quantitative estimate of drug-likeness (QED) is 0.655. The number of hydrogen-bond donors (Lipinski definition) is 1. The molecule has 60 valence electrons. The standard InChI is InChI=1S/C5H13O2P3/c6-3-1-2-5(7)4-9-10-8/h6,9-10H,1-4,8H2. The molecule has 3 atom stereocenters. The van der Waals surface area contributed by atoms with E-state index in [0.717, 1.165) is 16.2 Å². The van der Waals surface area contributed by atoms with Crippen LogP contribution < -0.4 is 0 Å². The Morgan fingerprint density at radius 2 is 2.30 bits per heavy atom. The van der Waals surface area contributed by atoms with E-state index in [9.17, 15) is 4.79 Å². The van der Waals surface area contributed by atoms with Gasteiger partial charge in [-0.3, -0.25) is 4.79 Å². The van der Waals surface area contributed by atoms with Crippen molar-refractivity contribution in [2.75, 3.05) is 12.8 Å². The van der Waals surface area contributed by atoms with Crippen LogP contribution in [-0.4, -0.2) is 23.7 Å². The van der Waals surface area contributed by atoms with Gasteiger partial charge >= 0.3 is 0 Å². The Labute approximate surface area is 67.1 Å². The summed E-state index contributed by atoms with van der Waals surface area (Å²) in [4.78, 5) is 10.9. The lowest BCUT2D eigenvalue weighted by Gasteiger charge is -1.96. The molecule has 0 heterocycles. The zero-order valence-electron chi connectivity index (χ0n) is 5.76. The van der Waals surface area contributed by atoms with Gasteiger partial charge in [-0.2, -0.15) is 0 Å². The van der Waals surface area contributed by atoms with E-state index in [-0.39, 0.29) is 6.61 Å². The van der Waals surface area contributed by atoms with Gasteiger partial charge in [-0.15, -0.1) is 8.93 Å². The predicted octanol–water partition coefficient (Wildman–Crippen LogP) is 1.39. The number of rotatable bonds is 6. The SMILES string of the molecule is O=C(CCCO)CPPP. The van der Waals surface area contributed by atoms with E-state index >= 15 is 0 Å². The average Bonchev–Trinajstić information content (AvgIpc) is 1.97. The molecule has 0 amide bonds. The molecule has 0 aliphatic heterocycles. The highest BCUT2D eigenvalue weighted by Gasteiger charge is 1.98. The van der Waals surface area contributed by atoms with Crippen LogP contribution in [-0.2, 0) is 4.79 Å². The van der Waals surface area contributed by atoms with Gasteiger partial charge in [0.1, 0.15) is 5.78 Å². The molecule has 0 bridgehead atoms. The summed E-state index contributed by atoms with van der Waals surface area (Å²) >= 11 is 0. The van der Waals surface area contributed by atoms with Gasteiger partial charge < -0.3 is 5.11 Å². The largest absolute Gasteiger partial charge is 0.396 e. The fourth-order valence-corrected chi connectivity index (χ4v) is 2.81. The molecule has 0 fully saturated rings. The number of ketones is 1. The Morgan fingerprint density at radius 1 is 1.60 bits per heavy atom. The summed E-state index contributed by atoms with van der Waals surface area (Å²) in [6.07, 6.45) is 1.89. The molecule has 0 saturated carbocycles. The summed E-state index contributed by atoms with van der Waals surface area (Å²) < 4.78 is 0. The molecule has 1 N–H and O–H groups in total. The summed E-state index contributed by atoms with van der Waals surface area (Å²) in [5.41, 5.74) is 0. The lowest BCUT2D eigenvalue weighted by molar-refractivity contribution is -0.116. The van der Waals surface area contributed by atoms with Crippen molar-refractivity contribution in [3.63, 3.8) is 0 Å². The van der Waals surface area contributed by atoms with Crippen molar-refractivity contribution in [1.29, 1.82) is 0 Å². The summed E-state index contributed by atoms with van der Waals surface area (Å²) in [7, 11) is 4.21. The normalized spacial score (nSPS) is 12.2. The molecule has 0 rings (SSSR count). The molecule has 0 spiro atoms. The van der Waals surface area contributed by atoms with Crippen molar-refractivity contribution in [3.8, 4) is 0 Å². The van der Waals surface area contributed by atoms with Crippen LogP contribution in [0.4, 0.5) is 0 Å². The van der Waals surface area contributed by atoms with Crippen molar-refractivity contribution >= 4 is 30.9 Å². The monoisotopic (exact) mass is 198 g/mol. The lowest BCUT2D eigenvalue weighted by Crippen LogP contribution is -2.00. The van der Waals surface area contributed by atoms with Gasteiger partial charge in [-0.1, -0.05) is 16.2 Å². The summed E-state index contributed by atoms with van der Waals surface area (Å²) in [6.45, 7) is 0.137. The van der Waals surface area contributed by atoms with Gasteiger partial charge in [0.15, 0.2) is 0 Å². The maximum atomic E-state index is 10.9. The third-order valence-electron chi connectivity index (χ3n) is 1.00. The average molecular weight is 198 g/mol. The van der Waals surface area contributed by atoms with Crippen LogP contribution in [0.2, 0.25) is 0 Å². The number of hydrogen-bond acceptors (Lipinski definition) is 2. The number of aliphatic hydroxyl groups excluding tert-OH is 1. The van der Waals surface area contributed by atoms with E-state index in [1.807, 2.05) is 0 Å². The minimum Gasteiger partial charge on any atom is -0.396 e. The fourth-order valence-electron chi connectivity index (χ4n) is 0.514. The molecule has 0 aromatic heterocycles. The molecular weight excluding hydrogens is 185 g/mol. The third kappa shape index (κ3) is 7.03. The Balaban J connectivity index is 3.09. The van der Waals surface area contributed by atoms with Crippen LogP contribution in [0, 0.1) is 0 Å². The number of Topliss-reactive ketones (excluding diaryl/α,β-unsaturated/α-hetero) is 1. The first-order chi connectivity index (χ1) is 4.81. The smallest absolute Gasteiger partial charge is 0.137 e. The van der Waals surface area contributed by atoms with Gasteiger partial charge in [-0.05, 0) is 6.42 Å². The first-order valence-corrected chi connectivity index (χ1v) is 8.14. The minimum atomic E-state index is 0.137. The highest BCUT2D eigenvalue weighted by Crippen LogP contribution is 2.42. The Hall–Kier alpha value is 0.920. The number of carbonyl (C=O) groups is 1. The van der Waals surface area contributed by atoms with E-state index in [0.29, 0.717) is 24.8 Å². The van der Waals surface area contributed by atoms with Gasteiger partial charge in [0.05, 0.1) is 0 Å². The van der Waals surface area contributed by atoms with Gasteiger partial charge in [0.2, 0.25) is 0 Å². The highest BCUT2D eigenvalue weighted by molar-refractivity contribution is 8.39. The minimum absolute atomic E-state index is 0.137. The van der Waals surface area contributed by atoms with Crippen LogP contribution in [0.15, 0.2) is 0 Å². The van der Waals surface area contributed by atoms with E-state index < -0.39 is 0 Å². The van der Waals surface area contributed by atoms with E-state index in [1.165, 1.54) is 0 Å². The Bertz CT molecular complexity index is 86.9. The zero-order chi connectivity index (χ0) is 7.82. The van der Waals surface area contributed by atoms with Gasteiger partial charge in [0.25, 0.3) is 0 Å². The molecule has 0 aromatic carbocycles. The fraction of sp³-hybridized carbons (Fsp3) is 0.800. The summed E-state index contributed by atoms with van der Waals surface area (Å²) in [6, 6.07) is 0. The van der Waals surface area contributed by atoms with Crippen LogP contribution in [0.3, 0.4) is 0 Å². The molecular formula is C5H13O2P3. The molecule has 0 aliphatic rings. The second-order valence-corrected chi connectivity index (χ2v) is 7.38. The predicted molar refractivity (Wildman–Crippen MR) is 52.5 cm³/mol. The van der Waals surface area contributed by atoms with Gasteiger partial charge in [-0.25, -0.2) is 0 Å². The lowest BCUT2D eigenvalue weighted by atomic mass is 10.2. The number of aliphatic hydroxyl groups is 1. The van der Waals surface area contributed by atoms with E-state index in [4.69, 9.17) is 5.11 Å². The maximum absolute atomic E-state index is 10.9. The second kappa shape index (κ2) is 8.02. The first-order valence-electron chi connectivity index (χ1n) is 3.12. The Morgan fingerprint density at radius 3 is 2.80 bits per heavy atom. The summed E-state index contributed by atoms with van der Waals surface area (Å²) in [5, 5.41) is 8.39. The Kier molecular flexibility index (Phi) is 8.76. The second-order valence-electron chi connectivity index (χ2n) is 1.86. The van der Waals surface area contributed by atoms with Crippen LogP contribution >= 0.6 is 25.2 Å². The van der Waals surface area contributed by atoms with Crippen LogP contribution in [0.25, 0.3) is 0 Å². The molecule has 2 nitrogen and oxygen atoms in total. The molecule has 3 unspecified atom stereocenters. The summed E-state index contributed by atoms with van der Waals surface area (Å²) in [5.74, 6) is 0.294. The van der Waals surface area contributed by atoms with Gasteiger partial charge in [0, 0.05) is 19.2 Å². The molecule has 0 aliphatic carbocycles. The molecule has 0 aromatic rings. The van der Waals surface area contributed by atoms with Crippen molar-refractivity contribution < 1.29 is 9.90 Å². The van der Waals surface area contributed by atoms with E-state index in [2.05, 4.69) is 8.93 Å². The van der Waals surface area contributed by atoms with Crippen molar-refractivity contribution in [1.82, 2.24) is 0 Å². The van der Waals surface area contributed by atoms with E-state index in [1.54, 1.807) is 0 Å². The first kappa shape index (κ1) is 10.9. The molecule has 5 heteroatoms. The third-order valence-corrected chi connectivity index (χ3v) is 4.76. The zero-order valence-corrected chi connectivity index (χ0v) is 8.92. The van der Waals surface area contributed by atoms with Crippen molar-refractivity contribution in [3.05, 3.63) is 0 Å². The van der Waals surface area contributed by atoms with Crippen LogP contribution in [0.5, 0.6) is 0 Å². The highest BCUT2D eigenvalue weighted by atomic mass is 32.4. The molecule has 0 saturated heterocycles. The topological polar surface area (TPSA) is 37.3 Å². The number of carbonyl (C=O) groups excluding carboxylic acids is 1. The maximum Gasteiger partial charge on any atom is 0.137 e.